The molecule has 0 unspecified atom stereocenters. The van der Waals surface area contributed by atoms with E-state index in [9.17, 15) is 9.59 Å². The lowest BCUT2D eigenvalue weighted by Gasteiger charge is -2.37. The molecule has 2 saturated carbocycles. The highest BCUT2D eigenvalue weighted by molar-refractivity contribution is 7.98. The molecular weight excluding hydrogens is 511 g/mol. The Labute approximate surface area is 225 Å². The van der Waals surface area contributed by atoms with E-state index >= 15 is 0 Å². The topological polar surface area (TPSA) is 99.5 Å². The molecule has 2 aromatic rings. The van der Waals surface area contributed by atoms with E-state index < -0.39 is 0 Å². The van der Waals surface area contributed by atoms with Gasteiger partial charge >= 0.3 is 0 Å². The number of fused-ring (bicyclic) bond motifs is 1. The van der Waals surface area contributed by atoms with Crippen molar-refractivity contribution in [3.05, 3.63) is 39.8 Å². The molecule has 1 atom stereocenters. The van der Waals surface area contributed by atoms with Crippen molar-refractivity contribution < 1.29 is 9.59 Å². The van der Waals surface area contributed by atoms with E-state index in [-0.39, 0.29) is 23.8 Å². The normalized spacial score (nSPS) is 18.8. The van der Waals surface area contributed by atoms with Crippen LogP contribution in [0.25, 0.3) is 0 Å². The monoisotopic (exact) mass is 543 g/mol. The smallest absolute Gasteiger partial charge is 0.254 e. The maximum atomic E-state index is 13.4. The van der Waals surface area contributed by atoms with Gasteiger partial charge in [-0.25, -0.2) is 5.84 Å². The lowest BCUT2D eigenvalue weighted by atomic mass is 9.89. The highest BCUT2D eigenvalue weighted by Gasteiger charge is 2.36. The summed E-state index contributed by atoms with van der Waals surface area (Å²) in [5.41, 5.74) is 6.53. The second kappa shape index (κ2) is 10.7. The summed E-state index contributed by atoms with van der Waals surface area (Å²) in [6.45, 7) is 2.80. The quantitative estimate of drug-likeness (QED) is 0.170. The first-order valence-corrected chi connectivity index (χ1v) is 15.0. The van der Waals surface area contributed by atoms with Gasteiger partial charge in [-0.2, -0.15) is 0 Å². The second-order valence-electron chi connectivity index (χ2n) is 9.95. The van der Waals surface area contributed by atoms with Crippen LogP contribution in [0.1, 0.15) is 58.5 Å². The second-order valence-corrected chi connectivity index (χ2v) is 12.3. The molecule has 5 rings (SSSR count). The van der Waals surface area contributed by atoms with Crippen LogP contribution in [0.15, 0.2) is 23.1 Å². The van der Waals surface area contributed by atoms with Crippen molar-refractivity contribution in [2.45, 2.75) is 62.8 Å². The minimum Gasteiger partial charge on any atom is -0.352 e. The summed E-state index contributed by atoms with van der Waals surface area (Å²) >= 11 is 8.95. The predicted octanol–water partition coefficient (Wildman–Crippen LogP) is 4.38. The van der Waals surface area contributed by atoms with Crippen molar-refractivity contribution in [3.8, 4) is 0 Å². The van der Waals surface area contributed by atoms with Gasteiger partial charge in [0.1, 0.15) is 5.00 Å². The average Bonchev–Trinajstić information content (AvgIpc) is 3.80. The van der Waals surface area contributed by atoms with Gasteiger partial charge in [-0.3, -0.25) is 9.59 Å². The number of thioether (sulfide) groups is 1. The van der Waals surface area contributed by atoms with E-state index in [4.69, 9.17) is 18.1 Å². The number of nitrogens with zero attached hydrogens (tertiary/aromatic N) is 1. The van der Waals surface area contributed by atoms with Gasteiger partial charge in [-0.05, 0) is 99.5 Å². The molecule has 3 aliphatic carbocycles. The summed E-state index contributed by atoms with van der Waals surface area (Å²) in [4.78, 5) is 30.6. The largest absolute Gasteiger partial charge is 0.352 e. The summed E-state index contributed by atoms with van der Waals surface area (Å²) < 4.78 is 0. The molecule has 2 amide bonds. The number of aryl methyl sites for hydroxylation is 1. The molecule has 0 aliphatic heterocycles. The maximum absolute atomic E-state index is 13.4. The molecule has 3 aliphatic rings. The van der Waals surface area contributed by atoms with Crippen LogP contribution in [-0.2, 0) is 17.6 Å². The molecule has 36 heavy (non-hydrogen) atoms. The average molecular weight is 544 g/mol. The maximum Gasteiger partial charge on any atom is 0.254 e. The molecule has 1 heterocycles. The summed E-state index contributed by atoms with van der Waals surface area (Å²) in [5.74, 6) is 6.43. The molecule has 10 heteroatoms. The number of thiocarbonyl (C=S) groups is 1. The SMILES string of the molecule is CSc1cccc(N(C(=S)NN)[C@H]2CCc3sc(NC(=O)C4CC4)c(C(=O)NCC4CC4)c3C2)c1C. The number of hydrazine groups is 1. The standard InChI is InChI=1S/C26H33N5O2S3/c1-14-19(4-3-5-20(14)35-2)31(26(34)30-27)17-10-11-21-18(12-17)22(24(33)28-13-15-6-7-15)25(36-21)29-23(32)16-8-9-16/h3-5,15-17H,6-13,27H2,1-2H3,(H,28,33)(H,29,32)(H,30,34)/t17-/m0/s1. The van der Waals surface area contributed by atoms with Gasteiger partial charge in [-0.1, -0.05) is 6.07 Å². The van der Waals surface area contributed by atoms with Crippen LogP contribution in [0.3, 0.4) is 0 Å². The van der Waals surface area contributed by atoms with Gasteiger partial charge in [0, 0.05) is 34.0 Å². The van der Waals surface area contributed by atoms with Crippen LogP contribution in [0.4, 0.5) is 10.7 Å². The Morgan fingerprint density at radius 2 is 2.00 bits per heavy atom. The Bertz CT molecular complexity index is 1190. The zero-order chi connectivity index (χ0) is 25.4. The van der Waals surface area contributed by atoms with Crippen LogP contribution in [0.5, 0.6) is 0 Å². The van der Waals surface area contributed by atoms with E-state index in [1.54, 1.807) is 23.1 Å². The minimum absolute atomic E-state index is 0.0287. The highest BCUT2D eigenvalue weighted by atomic mass is 32.2. The van der Waals surface area contributed by atoms with Crippen molar-refractivity contribution in [2.24, 2.45) is 17.7 Å². The fourth-order valence-electron chi connectivity index (χ4n) is 4.95. The van der Waals surface area contributed by atoms with Crippen LogP contribution in [0, 0.1) is 18.8 Å². The third-order valence-electron chi connectivity index (χ3n) is 7.34. The van der Waals surface area contributed by atoms with Crippen LogP contribution in [-0.4, -0.2) is 35.8 Å². The lowest BCUT2D eigenvalue weighted by Crippen LogP contribution is -2.50. The van der Waals surface area contributed by atoms with E-state index in [1.807, 2.05) is 6.07 Å². The van der Waals surface area contributed by atoms with E-state index in [0.29, 0.717) is 34.6 Å². The fourth-order valence-corrected chi connectivity index (χ4v) is 7.06. The van der Waals surface area contributed by atoms with Gasteiger partial charge in [0.2, 0.25) is 5.91 Å². The van der Waals surface area contributed by atoms with Crippen LogP contribution >= 0.6 is 35.3 Å². The summed E-state index contributed by atoms with van der Waals surface area (Å²) in [6, 6.07) is 6.26. The van der Waals surface area contributed by atoms with Crippen molar-refractivity contribution >= 4 is 62.9 Å². The number of hydrogen-bond donors (Lipinski definition) is 4. The van der Waals surface area contributed by atoms with E-state index in [2.05, 4.69) is 46.3 Å². The van der Waals surface area contributed by atoms with Gasteiger partial charge in [0.25, 0.3) is 5.91 Å². The molecule has 1 aromatic carbocycles. The predicted molar refractivity (Wildman–Crippen MR) is 152 cm³/mol. The molecule has 0 radical (unpaired) electrons. The molecule has 0 spiro atoms. The summed E-state index contributed by atoms with van der Waals surface area (Å²) in [6.07, 6.45) is 8.60. The number of benzene rings is 1. The van der Waals surface area contributed by atoms with Gasteiger partial charge in [0.15, 0.2) is 5.11 Å². The molecular formula is C26H33N5O2S3. The fraction of sp³-hybridized carbons (Fsp3) is 0.500. The third-order valence-corrected chi connectivity index (χ3v) is 9.74. The van der Waals surface area contributed by atoms with Gasteiger partial charge in [-0.15, -0.1) is 23.1 Å². The van der Waals surface area contributed by atoms with E-state index in [1.165, 1.54) is 22.6 Å². The Balaban J connectivity index is 1.48. The molecule has 5 N–H and O–H groups in total. The van der Waals surface area contributed by atoms with Crippen molar-refractivity contribution in [3.63, 3.8) is 0 Å². The third kappa shape index (κ3) is 5.27. The molecule has 7 nitrogen and oxygen atoms in total. The highest BCUT2D eigenvalue weighted by Crippen LogP contribution is 2.42. The molecule has 0 bridgehead atoms. The Morgan fingerprint density at radius 3 is 2.67 bits per heavy atom. The molecule has 2 fully saturated rings. The van der Waals surface area contributed by atoms with Gasteiger partial charge < -0.3 is 21.0 Å². The number of thiophene rings is 1. The van der Waals surface area contributed by atoms with Crippen LogP contribution < -0.4 is 26.8 Å². The molecule has 1 aromatic heterocycles. The minimum atomic E-state index is -0.0854. The number of amides is 2. The van der Waals surface area contributed by atoms with Crippen LogP contribution in [0.2, 0.25) is 0 Å². The zero-order valence-electron chi connectivity index (χ0n) is 20.7. The Kier molecular flexibility index (Phi) is 7.57. The van der Waals surface area contributed by atoms with E-state index in [0.717, 1.165) is 42.5 Å². The number of anilines is 2. The van der Waals surface area contributed by atoms with Gasteiger partial charge in [0.05, 0.1) is 5.56 Å². The Hall–Kier alpha value is -2.14. The number of carbonyl (C=O) groups excluding carboxylic acids is 2. The number of rotatable bonds is 8. The lowest BCUT2D eigenvalue weighted by molar-refractivity contribution is -0.117. The number of nitrogens with two attached hydrogens (primary N) is 1. The number of hydrogen-bond acceptors (Lipinski definition) is 6. The number of carbonyl (C=O) groups is 2. The first-order chi connectivity index (χ1) is 17.4. The molecule has 0 saturated heterocycles. The Morgan fingerprint density at radius 1 is 1.22 bits per heavy atom. The number of nitrogens with one attached hydrogen (secondary N) is 3. The van der Waals surface area contributed by atoms with Crippen molar-refractivity contribution in [1.82, 2.24) is 10.7 Å². The van der Waals surface area contributed by atoms with Crippen molar-refractivity contribution in [1.29, 1.82) is 0 Å². The first kappa shape index (κ1) is 25.5. The molecule has 192 valence electrons. The van der Waals surface area contributed by atoms with Crippen molar-refractivity contribution in [2.75, 3.05) is 23.0 Å². The zero-order valence-corrected chi connectivity index (χ0v) is 23.1. The summed E-state index contributed by atoms with van der Waals surface area (Å²) in [7, 11) is 0. The first-order valence-electron chi connectivity index (χ1n) is 12.6. The summed E-state index contributed by atoms with van der Waals surface area (Å²) in [5, 5.41) is 7.38.